The first-order valence-electron chi connectivity index (χ1n) is 7.70. The van der Waals surface area contributed by atoms with Crippen LogP contribution in [0.5, 0.6) is 11.5 Å². The molecule has 0 aliphatic carbocycles. The Bertz CT molecular complexity index is 986. The number of para-hydroxylation sites is 1. The van der Waals surface area contributed by atoms with Crippen molar-refractivity contribution in [2.45, 2.75) is 13.0 Å². The van der Waals surface area contributed by atoms with Crippen molar-refractivity contribution >= 4 is 34.8 Å². The number of aromatic nitrogens is 3. The van der Waals surface area contributed by atoms with Crippen LogP contribution in [0, 0.1) is 0 Å². The molecule has 1 amide bonds. The first kappa shape index (κ1) is 17.7. The topological polar surface area (TPSA) is 102 Å². The molecule has 0 radical (unpaired) electrons. The van der Waals surface area contributed by atoms with E-state index in [0.717, 1.165) is 5.52 Å². The second kappa shape index (κ2) is 7.40. The average molecular weight is 374 g/mol. The Morgan fingerprint density at radius 1 is 1.42 bits per heavy atom. The Morgan fingerprint density at radius 3 is 2.96 bits per heavy atom. The van der Waals surface area contributed by atoms with Gasteiger partial charge in [-0.3, -0.25) is 4.79 Å². The molecule has 1 aromatic heterocycles. The van der Waals surface area contributed by atoms with Gasteiger partial charge in [-0.1, -0.05) is 28.9 Å². The molecule has 2 N–H and O–H groups in total. The number of aromatic hydroxyl groups is 1. The van der Waals surface area contributed by atoms with E-state index in [1.54, 1.807) is 13.0 Å². The van der Waals surface area contributed by atoms with Gasteiger partial charge in [-0.25, -0.2) is 10.1 Å². The largest absolute Gasteiger partial charge is 0.503 e. The molecule has 0 spiro atoms. The van der Waals surface area contributed by atoms with Gasteiger partial charge in [0.2, 0.25) is 0 Å². The third-order valence-electron chi connectivity index (χ3n) is 3.78. The molecule has 1 atom stereocenters. The van der Waals surface area contributed by atoms with Gasteiger partial charge in [0.15, 0.2) is 11.5 Å². The van der Waals surface area contributed by atoms with E-state index in [-0.39, 0.29) is 22.4 Å². The van der Waals surface area contributed by atoms with Crippen molar-refractivity contribution in [3.05, 3.63) is 47.0 Å². The summed E-state index contributed by atoms with van der Waals surface area (Å²) in [4.78, 5) is 12.3. The maximum absolute atomic E-state index is 12.3. The lowest BCUT2D eigenvalue weighted by Gasteiger charge is -2.10. The molecule has 0 aliphatic heterocycles. The van der Waals surface area contributed by atoms with E-state index in [2.05, 4.69) is 20.8 Å². The fourth-order valence-corrected chi connectivity index (χ4v) is 2.59. The van der Waals surface area contributed by atoms with Gasteiger partial charge < -0.3 is 9.84 Å². The predicted octanol–water partition coefficient (Wildman–Crippen LogP) is 2.51. The number of nitrogens with one attached hydrogen (secondary N) is 1. The highest BCUT2D eigenvalue weighted by Gasteiger charge is 2.18. The SMILES string of the molecule is COc1cc(/C=N/NC(=O)[C@H](C)n2nnc3ccccc32)cc(Cl)c1O. The molecule has 0 saturated carbocycles. The zero-order valence-electron chi connectivity index (χ0n) is 14.0. The van der Waals surface area contributed by atoms with Crippen molar-refractivity contribution in [2.75, 3.05) is 7.11 Å². The van der Waals surface area contributed by atoms with Gasteiger partial charge in [0.25, 0.3) is 5.91 Å². The van der Waals surface area contributed by atoms with Crippen LogP contribution < -0.4 is 10.2 Å². The molecular formula is C17H16ClN5O3. The Kier molecular flexibility index (Phi) is 5.04. The fraction of sp³-hybridized carbons (Fsp3) is 0.176. The standard InChI is InChI=1S/C17H16ClN5O3/c1-10(23-14-6-4-3-5-13(14)20-22-23)17(25)21-19-9-11-7-12(18)16(24)15(8-11)26-2/h3-10,24H,1-2H3,(H,21,25)/b19-9+/t10-/m0/s1. The van der Waals surface area contributed by atoms with Crippen molar-refractivity contribution in [3.8, 4) is 11.5 Å². The maximum atomic E-state index is 12.3. The Labute approximate surface area is 154 Å². The number of nitrogens with zero attached hydrogens (tertiary/aromatic N) is 4. The first-order valence-corrected chi connectivity index (χ1v) is 8.08. The van der Waals surface area contributed by atoms with E-state index in [1.807, 2.05) is 24.3 Å². The maximum Gasteiger partial charge on any atom is 0.264 e. The monoisotopic (exact) mass is 373 g/mol. The summed E-state index contributed by atoms with van der Waals surface area (Å²) in [5.41, 5.74) is 4.48. The second-order valence-electron chi connectivity index (χ2n) is 5.49. The minimum absolute atomic E-state index is 0.125. The number of hydrogen-bond donors (Lipinski definition) is 2. The van der Waals surface area contributed by atoms with E-state index in [4.69, 9.17) is 16.3 Å². The lowest BCUT2D eigenvalue weighted by molar-refractivity contribution is -0.124. The number of rotatable bonds is 5. The summed E-state index contributed by atoms with van der Waals surface area (Å²) >= 11 is 5.92. The number of hydrazone groups is 1. The van der Waals surface area contributed by atoms with Gasteiger partial charge in [0, 0.05) is 0 Å². The van der Waals surface area contributed by atoms with Crippen LogP contribution in [0.3, 0.4) is 0 Å². The van der Waals surface area contributed by atoms with Gasteiger partial charge in [-0.2, -0.15) is 5.10 Å². The second-order valence-corrected chi connectivity index (χ2v) is 5.89. The molecule has 3 aromatic rings. The third-order valence-corrected chi connectivity index (χ3v) is 4.07. The van der Waals surface area contributed by atoms with E-state index in [1.165, 1.54) is 24.1 Å². The van der Waals surface area contributed by atoms with Crippen LogP contribution in [-0.4, -0.2) is 39.3 Å². The number of hydrogen-bond acceptors (Lipinski definition) is 6. The zero-order valence-corrected chi connectivity index (χ0v) is 14.8. The molecule has 26 heavy (non-hydrogen) atoms. The predicted molar refractivity (Wildman–Crippen MR) is 97.6 cm³/mol. The van der Waals surface area contributed by atoms with Gasteiger partial charge in [0.05, 0.1) is 23.9 Å². The number of carbonyl (C=O) groups excluding carboxylic acids is 1. The van der Waals surface area contributed by atoms with Crippen molar-refractivity contribution in [2.24, 2.45) is 5.10 Å². The zero-order chi connectivity index (χ0) is 18.7. The molecule has 134 valence electrons. The van der Waals surface area contributed by atoms with E-state index >= 15 is 0 Å². The van der Waals surface area contributed by atoms with Crippen LogP contribution in [-0.2, 0) is 4.79 Å². The quantitative estimate of drug-likeness (QED) is 0.528. The highest BCUT2D eigenvalue weighted by atomic mass is 35.5. The number of amides is 1. The summed E-state index contributed by atoms with van der Waals surface area (Å²) in [5.74, 6) is -0.288. The van der Waals surface area contributed by atoms with E-state index < -0.39 is 6.04 Å². The van der Waals surface area contributed by atoms with Crippen molar-refractivity contribution in [1.82, 2.24) is 20.4 Å². The summed E-state index contributed by atoms with van der Waals surface area (Å²) < 4.78 is 6.55. The van der Waals surface area contributed by atoms with Crippen LogP contribution in [0.15, 0.2) is 41.5 Å². The third kappa shape index (κ3) is 3.45. The lowest BCUT2D eigenvalue weighted by atomic mass is 10.2. The van der Waals surface area contributed by atoms with Gasteiger partial charge in [-0.15, -0.1) is 5.10 Å². The molecular weight excluding hydrogens is 358 g/mol. The summed E-state index contributed by atoms with van der Waals surface area (Å²) in [5, 5.41) is 21.8. The number of phenolic OH excluding ortho intramolecular Hbond substituents is 1. The number of benzene rings is 2. The summed E-state index contributed by atoms with van der Waals surface area (Å²) in [6.07, 6.45) is 1.40. The molecule has 0 saturated heterocycles. The minimum Gasteiger partial charge on any atom is -0.503 e. The van der Waals surface area contributed by atoms with E-state index in [0.29, 0.717) is 11.1 Å². The number of halogens is 1. The molecule has 1 heterocycles. The molecule has 0 bridgehead atoms. The van der Waals surface area contributed by atoms with Crippen LogP contribution >= 0.6 is 11.6 Å². The van der Waals surface area contributed by atoms with Crippen LogP contribution in [0.25, 0.3) is 11.0 Å². The number of methoxy groups -OCH3 is 1. The van der Waals surface area contributed by atoms with Crippen molar-refractivity contribution in [3.63, 3.8) is 0 Å². The average Bonchev–Trinajstić information content (AvgIpc) is 3.07. The van der Waals surface area contributed by atoms with E-state index in [9.17, 15) is 9.90 Å². The number of carbonyl (C=O) groups is 1. The summed E-state index contributed by atoms with van der Waals surface area (Å²) in [6, 6.07) is 9.82. The molecule has 3 rings (SSSR count). The van der Waals surface area contributed by atoms with Crippen LogP contribution in [0.2, 0.25) is 5.02 Å². The normalized spacial score (nSPS) is 12.4. The molecule has 0 aliphatic rings. The Balaban J connectivity index is 1.72. The molecule has 2 aromatic carbocycles. The van der Waals surface area contributed by atoms with Gasteiger partial charge >= 0.3 is 0 Å². The van der Waals surface area contributed by atoms with Gasteiger partial charge in [-0.05, 0) is 36.8 Å². The molecule has 9 heteroatoms. The summed E-state index contributed by atoms with van der Waals surface area (Å²) in [7, 11) is 1.41. The number of ether oxygens (including phenoxy) is 1. The molecule has 0 unspecified atom stereocenters. The minimum atomic E-state index is -0.600. The van der Waals surface area contributed by atoms with Crippen molar-refractivity contribution < 1.29 is 14.6 Å². The van der Waals surface area contributed by atoms with Crippen molar-refractivity contribution in [1.29, 1.82) is 0 Å². The van der Waals surface area contributed by atoms with Crippen LogP contribution in [0.4, 0.5) is 0 Å². The number of phenols is 1. The van der Waals surface area contributed by atoms with Gasteiger partial charge in [0.1, 0.15) is 11.6 Å². The van der Waals surface area contributed by atoms with Crippen LogP contribution in [0.1, 0.15) is 18.5 Å². The Morgan fingerprint density at radius 2 is 2.19 bits per heavy atom. The first-order chi connectivity index (χ1) is 12.5. The highest BCUT2D eigenvalue weighted by Crippen LogP contribution is 2.34. The fourth-order valence-electron chi connectivity index (χ4n) is 2.37. The Hall–Kier alpha value is -3.13. The number of fused-ring (bicyclic) bond motifs is 1. The molecule has 0 fully saturated rings. The summed E-state index contributed by atoms with van der Waals surface area (Å²) in [6.45, 7) is 1.70. The highest BCUT2D eigenvalue weighted by molar-refractivity contribution is 6.32. The molecule has 8 nitrogen and oxygen atoms in total. The lowest BCUT2D eigenvalue weighted by Crippen LogP contribution is -2.28. The smallest absolute Gasteiger partial charge is 0.264 e.